The molecule has 4 nitrogen and oxygen atoms in total. The highest BCUT2D eigenvalue weighted by Gasteiger charge is 2.28. The average molecular weight is 342 g/mol. The average Bonchev–Trinajstić information content (AvgIpc) is 2.85. The fraction of sp³-hybridized carbons (Fsp3) is 0.368. The minimum Gasteiger partial charge on any atom is -0.322 e. The van der Waals surface area contributed by atoms with Crippen molar-refractivity contribution in [3.8, 4) is 0 Å². The molecule has 1 aromatic heterocycles. The Balaban J connectivity index is 1.93. The predicted octanol–water partition coefficient (Wildman–Crippen LogP) is 4.39. The first-order valence-corrected chi connectivity index (χ1v) is 9.06. The number of carbonyl (C=O) groups excluding carboxylic acids is 2. The molecule has 0 fully saturated rings. The summed E-state index contributed by atoms with van der Waals surface area (Å²) in [5.41, 5.74) is 3.65. The fourth-order valence-corrected chi connectivity index (χ4v) is 4.52. The van der Waals surface area contributed by atoms with Gasteiger partial charge in [0, 0.05) is 17.5 Å². The van der Waals surface area contributed by atoms with Crippen LogP contribution in [-0.4, -0.2) is 11.8 Å². The van der Waals surface area contributed by atoms with Crippen LogP contribution < -0.4 is 10.6 Å². The first-order valence-electron chi connectivity index (χ1n) is 8.24. The molecule has 2 amide bonds. The first kappa shape index (κ1) is 16.7. The zero-order chi connectivity index (χ0) is 17.3. The molecule has 1 aromatic carbocycles. The van der Waals surface area contributed by atoms with Crippen molar-refractivity contribution in [3.05, 3.63) is 45.8 Å². The van der Waals surface area contributed by atoms with Crippen molar-refractivity contribution >= 4 is 33.8 Å². The van der Waals surface area contributed by atoms with E-state index in [2.05, 4.69) is 17.6 Å². The Kier molecular flexibility index (Phi) is 4.71. The molecule has 2 N–H and O–H groups in total. The highest BCUT2D eigenvalue weighted by molar-refractivity contribution is 7.17. The summed E-state index contributed by atoms with van der Waals surface area (Å²) >= 11 is 1.54. The van der Waals surface area contributed by atoms with Gasteiger partial charge in [0.25, 0.3) is 5.91 Å². The summed E-state index contributed by atoms with van der Waals surface area (Å²) in [5, 5.41) is 6.48. The molecule has 0 saturated carbocycles. The topological polar surface area (TPSA) is 58.2 Å². The summed E-state index contributed by atoms with van der Waals surface area (Å²) < 4.78 is 0. The zero-order valence-corrected chi connectivity index (χ0v) is 15.0. The lowest BCUT2D eigenvalue weighted by atomic mass is 9.88. The molecule has 1 heterocycles. The molecule has 1 aliphatic rings. The number of hydrogen-bond donors (Lipinski definition) is 2. The van der Waals surface area contributed by atoms with Crippen molar-refractivity contribution in [2.75, 3.05) is 10.6 Å². The smallest absolute Gasteiger partial charge is 0.258 e. The van der Waals surface area contributed by atoms with E-state index in [-0.39, 0.29) is 11.8 Å². The van der Waals surface area contributed by atoms with Gasteiger partial charge in [-0.05, 0) is 49.8 Å². The zero-order valence-electron chi connectivity index (χ0n) is 14.2. The van der Waals surface area contributed by atoms with Gasteiger partial charge >= 0.3 is 0 Å². The lowest BCUT2D eigenvalue weighted by molar-refractivity contribution is -0.114. The number of hydrogen-bond acceptors (Lipinski definition) is 3. The van der Waals surface area contributed by atoms with Crippen LogP contribution in [0.4, 0.5) is 10.7 Å². The van der Waals surface area contributed by atoms with Gasteiger partial charge in [0.15, 0.2) is 0 Å². The normalized spacial score (nSPS) is 16.4. The molecule has 0 aliphatic heterocycles. The van der Waals surface area contributed by atoms with Gasteiger partial charge in [0.2, 0.25) is 5.91 Å². The third-order valence-electron chi connectivity index (χ3n) is 4.34. The van der Waals surface area contributed by atoms with E-state index in [1.165, 1.54) is 11.8 Å². The Morgan fingerprint density at radius 3 is 2.54 bits per heavy atom. The minimum atomic E-state index is -0.147. The standard InChI is InChI=1S/C19H22N2O2S/c1-11-4-7-14(8-5-11)21-18(23)17-15-9-6-12(2)10-16(15)24-19(17)20-13(3)22/h4-5,7-8,12H,6,9-10H2,1-3H3,(H,20,22)(H,21,23). The van der Waals surface area contributed by atoms with E-state index in [0.717, 1.165) is 36.1 Å². The van der Waals surface area contributed by atoms with Gasteiger partial charge in [0.05, 0.1) is 5.56 Å². The molecular weight excluding hydrogens is 320 g/mol. The van der Waals surface area contributed by atoms with E-state index in [1.54, 1.807) is 11.3 Å². The summed E-state index contributed by atoms with van der Waals surface area (Å²) in [6.07, 6.45) is 2.95. The van der Waals surface area contributed by atoms with Gasteiger partial charge in [-0.25, -0.2) is 0 Å². The van der Waals surface area contributed by atoms with E-state index in [4.69, 9.17) is 0 Å². The van der Waals surface area contributed by atoms with E-state index in [1.807, 2.05) is 31.2 Å². The Labute approximate surface area is 146 Å². The van der Waals surface area contributed by atoms with Crippen molar-refractivity contribution in [2.24, 2.45) is 5.92 Å². The van der Waals surface area contributed by atoms with Gasteiger partial charge in [-0.3, -0.25) is 9.59 Å². The number of carbonyl (C=O) groups is 2. The van der Waals surface area contributed by atoms with Gasteiger partial charge in [-0.15, -0.1) is 11.3 Å². The minimum absolute atomic E-state index is 0.144. The molecule has 0 radical (unpaired) electrons. The number of aryl methyl sites for hydroxylation is 1. The maximum atomic E-state index is 12.9. The first-order chi connectivity index (χ1) is 11.4. The summed E-state index contributed by atoms with van der Waals surface area (Å²) in [7, 11) is 0. The Morgan fingerprint density at radius 2 is 1.88 bits per heavy atom. The molecule has 1 unspecified atom stereocenters. The van der Waals surface area contributed by atoms with Crippen LogP contribution in [0.2, 0.25) is 0 Å². The van der Waals surface area contributed by atoms with Gasteiger partial charge in [-0.2, -0.15) is 0 Å². The Bertz CT molecular complexity index is 777. The van der Waals surface area contributed by atoms with Crippen molar-refractivity contribution in [1.29, 1.82) is 0 Å². The molecule has 0 spiro atoms. The summed E-state index contributed by atoms with van der Waals surface area (Å²) in [6.45, 7) is 5.71. The number of fused-ring (bicyclic) bond motifs is 1. The quantitative estimate of drug-likeness (QED) is 0.869. The van der Waals surface area contributed by atoms with Gasteiger partial charge < -0.3 is 10.6 Å². The second-order valence-corrected chi connectivity index (χ2v) is 7.66. The number of nitrogens with one attached hydrogen (secondary N) is 2. The summed E-state index contributed by atoms with van der Waals surface area (Å²) in [4.78, 5) is 25.6. The molecule has 24 heavy (non-hydrogen) atoms. The number of benzene rings is 1. The summed E-state index contributed by atoms with van der Waals surface area (Å²) in [5.74, 6) is 0.329. The van der Waals surface area contributed by atoms with E-state index in [0.29, 0.717) is 16.5 Å². The molecule has 1 aliphatic carbocycles. The molecular formula is C19H22N2O2S. The van der Waals surface area contributed by atoms with Crippen LogP contribution in [0.5, 0.6) is 0 Å². The molecule has 2 aromatic rings. The van der Waals surface area contributed by atoms with Crippen LogP contribution in [0, 0.1) is 12.8 Å². The molecule has 0 saturated heterocycles. The van der Waals surface area contributed by atoms with Crippen molar-refractivity contribution < 1.29 is 9.59 Å². The SMILES string of the molecule is CC(=O)Nc1sc2c(c1C(=O)Nc1ccc(C)cc1)CCC(C)C2. The third kappa shape index (κ3) is 3.51. The fourth-order valence-electron chi connectivity index (χ4n) is 3.07. The van der Waals surface area contributed by atoms with E-state index >= 15 is 0 Å². The van der Waals surface area contributed by atoms with Gasteiger partial charge in [-0.1, -0.05) is 24.6 Å². The second-order valence-electron chi connectivity index (χ2n) is 6.56. The maximum Gasteiger partial charge on any atom is 0.258 e. The summed E-state index contributed by atoms with van der Waals surface area (Å²) in [6, 6.07) is 7.72. The van der Waals surface area contributed by atoms with E-state index < -0.39 is 0 Å². The van der Waals surface area contributed by atoms with Crippen LogP contribution in [0.25, 0.3) is 0 Å². The van der Waals surface area contributed by atoms with Crippen LogP contribution in [-0.2, 0) is 17.6 Å². The molecule has 126 valence electrons. The number of rotatable bonds is 3. The Morgan fingerprint density at radius 1 is 1.17 bits per heavy atom. The van der Waals surface area contributed by atoms with Gasteiger partial charge in [0.1, 0.15) is 5.00 Å². The van der Waals surface area contributed by atoms with E-state index in [9.17, 15) is 9.59 Å². The Hall–Kier alpha value is -2.14. The molecule has 3 rings (SSSR count). The monoisotopic (exact) mass is 342 g/mol. The van der Waals surface area contributed by atoms with Crippen LogP contribution in [0.1, 0.15) is 46.6 Å². The van der Waals surface area contributed by atoms with Crippen LogP contribution in [0.15, 0.2) is 24.3 Å². The van der Waals surface area contributed by atoms with Crippen LogP contribution >= 0.6 is 11.3 Å². The highest BCUT2D eigenvalue weighted by atomic mass is 32.1. The molecule has 5 heteroatoms. The maximum absolute atomic E-state index is 12.9. The van der Waals surface area contributed by atoms with Crippen molar-refractivity contribution in [2.45, 2.75) is 40.0 Å². The lowest BCUT2D eigenvalue weighted by Crippen LogP contribution is -2.18. The third-order valence-corrected chi connectivity index (χ3v) is 5.51. The number of amides is 2. The molecule has 0 bridgehead atoms. The largest absolute Gasteiger partial charge is 0.322 e. The predicted molar refractivity (Wildman–Crippen MR) is 98.9 cm³/mol. The number of anilines is 2. The lowest BCUT2D eigenvalue weighted by Gasteiger charge is -2.18. The van der Waals surface area contributed by atoms with Crippen molar-refractivity contribution in [1.82, 2.24) is 0 Å². The number of thiophene rings is 1. The molecule has 1 atom stereocenters. The van der Waals surface area contributed by atoms with Crippen molar-refractivity contribution in [3.63, 3.8) is 0 Å². The highest BCUT2D eigenvalue weighted by Crippen LogP contribution is 2.40. The van der Waals surface area contributed by atoms with Crippen LogP contribution in [0.3, 0.4) is 0 Å². The second kappa shape index (κ2) is 6.77.